The number of non-ortho nitro benzene ring substituents is 1. The van der Waals surface area contributed by atoms with Crippen molar-refractivity contribution in [2.24, 2.45) is 0 Å². The fraction of sp³-hybridized carbons (Fsp3) is 0.455. The number of methoxy groups -OCH3 is 1. The van der Waals surface area contributed by atoms with Crippen LogP contribution >= 0.6 is 0 Å². The summed E-state index contributed by atoms with van der Waals surface area (Å²) in [4.78, 5) is 9.67. The number of sulfonamides is 1. The molecule has 0 amide bonds. The average molecular weight is 320 g/mol. The molecule has 0 aromatic heterocycles. The van der Waals surface area contributed by atoms with E-state index in [4.69, 9.17) is 14.9 Å². The van der Waals surface area contributed by atoms with Gasteiger partial charge in [0.2, 0.25) is 10.0 Å². The van der Waals surface area contributed by atoms with E-state index < -0.39 is 33.8 Å². The minimum atomic E-state index is -4.14. The van der Waals surface area contributed by atoms with Crippen LogP contribution in [0.1, 0.15) is 0 Å². The van der Waals surface area contributed by atoms with Crippen LogP contribution in [-0.2, 0) is 10.0 Å². The molecule has 0 aliphatic heterocycles. The molecule has 0 bridgehead atoms. The molecule has 0 fully saturated rings. The van der Waals surface area contributed by atoms with Gasteiger partial charge in [0.25, 0.3) is 5.69 Å². The Bertz CT molecular complexity index is 597. The van der Waals surface area contributed by atoms with Gasteiger partial charge in [-0.2, -0.15) is 4.31 Å². The molecule has 1 rings (SSSR count). The fourth-order valence-electron chi connectivity index (χ4n) is 1.69. The van der Waals surface area contributed by atoms with Gasteiger partial charge in [-0.15, -0.1) is 0 Å². The summed E-state index contributed by atoms with van der Waals surface area (Å²) in [5, 5.41) is 28.6. The van der Waals surface area contributed by atoms with Gasteiger partial charge in [0.15, 0.2) is 0 Å². The summed E-state index contributed by atoms with van der Waals surface area (Å²) in [6.45, 7) is -1.38. The molecule has 0 spiro atoms. The lowest BCUT2D eigenvalue weighted by Crippen LogP contribution is -2.36. The number of aliphatic hydroxyl groups excluding tert-OH is 2. The monoisotopic (exact) mass is 320 g/mol. The van der Waals surface area contributed by atoms with Crippen molar-refractivity contribution in [3.8, 4) is 5.75 Å². The smallest absolute Gasteiger partial charge is 0.271 e. The van der Waals surface area contributed by atoms with Crippen LogP contribution in [-0.4, -0.2) is 61.3 Å². The maximum Gasteiger partial charge on any atom is 0.271 e. The second-order valence-electron chi connectivity index (χ2n) is 3.94. The van der Waals surface area contributed by atoms with Crippen LogP contribution in [0.15, 0.2) is 23.1 Å². The first-order valence-corrected chi connectivity index (χ1v) is 7.36. The molecule has 1 aromatic carbocycles. The van der Waals surface area contributed by atoms with E-state index in [-0.39, 0.29) is 23.7 Å². The number of nitro groups is 1. The highest BCUT2D eigenvalue weighted by atomic mass is 32.2. The molecule has 0 radical (unpaired) electrons. The first kappa shape index (κ1) is 17.3. The third-order valence-electron chi connectivity index (χ3n) is 2.67. The number of nitro benzene ring substituents is 1. The lowest BCUT2D eigenvalue weighted by Gasteiger charge is -2.21. The zero-order chi connectivity index (χ0) is 16.0. The number of hydrogen-bond acceptors (Lipinski definition) is 7. The Labute approximate surface area is 121 Å². The maximum atomic E-state index is 12.5. The second-order valence-corrected chi connectivity index (χ2v) is 5.85. The number of rotatable bonds is 8. The average Bonchev–Trinajstić information content (AvgIpc) is 2.46. The molecule has 118 valence electrons. The Morgan fingerprint density at radius 2 is 1.86 bits per heavy atom. The lowest BCUT2D eigenvalue weighted by molar-refractivity contribution is -0.385. The third-order valence-corrected chi connectivity index (χ3v) is 4.59. The van der Waals surface area contributed by atoms with Crippen molar-refractivity contribution in [2.45, 2.75) is 4.90 Å². The first-order chi connectivity index (χ1) is 9.88. The van der Waals surface area contributed by atoms with Crippen molar-refractivity contribution in [1.82, 2.24) is 4.31 Å². The normalized spacial score (nSPS) is 11.6. The summed E-state index contributed by atoms with van der Waals surface area (Å²) >= 11 is 0. The molecule has 10 heteroatoms. The number of ether oxygens (including phenoxy) is 1. The summed E-state index contributed by atoms with van der Waals surface area (Å²) < 4.78 is 30.7. The number of hydrogen-bond donors (Lipinski definition) is 2. The summed E-state index contributed by atoms with van der Waals surface area (Å²) in [6.07, 6.45) is 0. The summed E-state index contributed by atoms with van der Waals surface area (Å²) in [5.41, 5.74) is -0.401. The molecule has 21 heavy (non-hydrogen) atoms. The topological polar surface area (TPSA) is 130 Å². The molecular formula is C11H16N2O7S. The van der Waals surface area contributed by atoms with Crippen LogP contribution in [0, 0.1) is 10.1 Å². The molecule has 2 N–H and O–H groups in total. The molecule has 0 unspecified atom stereocenters. The SMILES string of the molecule is COc1ccc([N+](=O)[O-])cc1S(=O)(=O)N(CCO)CCO. The second kappa shape index (κ2) is 7.31. The number of aliphatic hydroxyl groups is 2. The molecule has 0 saturated carbocycles. The maximum absolute atomic E-state index is 12.5. The van der Waals surface area contributed by atoms with Gasteiger partial charge in [0.1, 0.15) is 10.6 Å². The van der Waals surface area contributed by atoms with Crippen LogP contribution in [0.3, 0.4) is 0 Å². The van der Waals surface area contributed by atoms with E-state index in [1.54, 1.807) is 0 Å². The van der Waals surface area contributed by atoms with Gasteiger partial charge in [-0.1, -0.05) is 0 Å². The highest BCUT2D eigenvalue weighted by Gasteiger charge is 2.29. The molecular weight excluding hydrogens is 304 g/mol. The predicted octanol–water partition coefficient (Wildman–Crippen LogP) is -0.421. The summed E-state index contributed by atoms with van der Waals surface area (Å²) in [5.74, 6) is -0.0542. The summed E-state index contributed by atoms with van der Waals surface area (Å²) in [7, 11) is -2.90. The van der Waals surface area contributed by atoms with Crippen molar-refractivity contribution < 1.29 is 28.3 Å². The van der Waals surface area contributed by atoms with E-state index in [1.807, 2.05) is 0 Å². The van der Waals surface area contributed by atoms with Gasteiger partial charge in [-0.3, -0.25) is 10.1 Å². The van der Waals surface area contributed by atoms with Crippen molar-refractivity contribution in [3.63, 3.8) is 0 Å². The Morgan fingerprint density at radius 1 is 1.29 bits per heavy atom. The van der Waals surface area contributed by atoms with Gasteiger partial charge in [0, 0.05) is 25.2 Å². The van der Waals surface area contributed by atoms with Crippen LogP contribution in [0.25, 0.3) is 0 Å². The van der Waals surface area contributed by atoms with Gasteiger partial charge in [-0.25, -0.2) is 8.42 Å². The van der Waals surface area contributed by atoms with Crippen molar-refractivity contribution in [1.29, 1.82) is 0 Å². The molecule has 0 aliphatic carbocycles. The molecule has 1 aromatic rings. The van der Waals surface area contributed by atoms with E-state index in [1.165, 1.54) is 13.2 Å². The van der Waals surface area contributed by atoms with Crippen molar-refractivity contribution in [3.05, 3.63) is 28.3 Å². The molecule has 0 atom stereocenters. The Hall–Kier alpha value is -1.75. The molecule has 0 aliphatic rings. The van der Waals surface area contributed by atoms with E-state index in [2.05, 4.69) is 0 Å². The van der Waals surface area contributed by atoms with Crippen LogP contribution in [0.4, 0.5) is 5.69 Å². The van der Waals surface area contributed by atoms with E-state index in [0.29, 0.717) is 0 Å². The predicted molar refractivity (Wildman–Crippen MR) is 72.6 cm³/mol. The van der Waals surface area contributed by atoms with E-state index in [0.717, 1.165) is 16.4 Å². The molecule has 9 nitrogen and oxygen atoms in total. The largest absolute Gasteiger partial charge is 0.495 e. The molecule has 0 saturated heterocycles. The third kappa shape index (κ3) is 3.88. The standard InChI is InChI=1S/C11H16N2O7S/c1-20-10-3-2-9(13(16)17)8-11(10)21(18,19)12(4-6-14)5-7-15/h2-3,8,14-15H,4-7H2,1H3. The van der Waals surface area contributed by atoms with Gasteiger partial charge < -0.3 is 14.9 Å². The molecule has 0 heterocycles. The number of nitrogens with zero attached hydrogens (tertiary/aromatic N) is 2. The van der Waals surface area contributed by atoms with Crippen LogP contribution in [0.2, 0.25) is 0 Å². The van der Waals surface area contributed by atoms with Crippen molar-refractivity contribution in [2.75, 3.05) is 33.4 Å². The quantitative estimate of drug-likeness (QED) is 0.491. The zero-order valence-corrected chi connectivity index (χ0v) is 12.1. The minimum absolute atomic E-state index is 0.0542. The zero-order valence-electron chi connectivity index (χ0n) is 11.3. The fourth-order valence-corrected chi connectivity index (χ4v) is 3.29. The highest BCUT2D eigenvalue weighted by molar-refractivity contribution is 7.89. The first-order valence-electron chi connectivity index (χ1n) is 5.92. The van der Waals surface area contributed by atoms with E-state index >= 15 is 0 Å². The Morgan fingerprint density at radius 3 is 2.29 bits per heavy atom. The highest BCUT2D eigenvalue weighted by Crippen LogP contribution is 2.30. The van der Waals surface area contributed by atoms with Crippen molar-refractivity contribution >= 4 is 15.7 Å². The van der Waals surface area contributed by atoms with Gasteiger partial charge in [-0.05, 0) is 6.07 Å². The summed E-state index contributed by atoms with van der Waals surface area (Å²) in [6, 6.07) is 3.19. The van der Waals surface area contributed by atoms with Crippen LogP contribution in [0.5, 0.6) is 5.75 Å². The lowest BCUT2D eigenvalue weighted by atomic mass is 10.3. The Kier molecular flexibility index (Phi) is 6.03. The van der Waals surface area contributed by atoms with Crippen LogP contribution < -0.4 is 4.74 Å². The minimum Gasteiger partial charge on any atom is -0.495 e. The number of benzene rings is 1. The van der Waals surface area contributed by atoms with Gasteiger partial charge in [0.05, 0.1) is 25.2 Å². The van der Waals surface area contributed by atoms with Gasteiger partial charge >= 0.3 is 0 Å². The Balaban J connectivity index is 3.39. The van der Waals surface area contributed by atoms with E-state index in [9.17, 15) is 18.5 Å².